The van der Waals surface area contributed by atoms with Gasteiger partial charge in [0.1, 0.15) is 18.2 Å². The molecule has 0 atom stereocenters. The summed E-state index contributed by atoms with van der Waals surface area (Å²) in [6.07, 6.45) is 1.78. The molecular formula is C19H26FIN4O. The third-order valence-electron chi connectivity index (χ3n) is 3.70. The Kier molecular flexibility index (Phi) is 9.93. The third-order valence-corrected chi connectivity index (χ3v) is 3.70. The molecule has 0 aliphatic heterocycles. The first-order valence-corrected chi connectivity index (χ1v) is 8.38. The van der Waals surface area contributed by atoms with Crippen LogP contribution in [0.25, 0.3) is 0 Å². The molecule has 1 heterocycles. The van der Waals surface area contributed by atoms with Crippen LogP contribution in [0.5, 0.6) is 5.75 Å². The van der Waals surface area contributed by atoms with Crippen molar-refractivity contribution in [3.8, 4) is 5.75 Å². The highest BCUT2D eigenvalue weighted by atomic mass is 127. The minimum Gasteiger partial charge on any atom is -0.492 e. The quantitative estimate of drug-likeness (QED) is 0.380. The van der Waals surface area contributed by atoms with E-state index in [-0.39, 0.29) is 29.8 Å². The summed E-state index contributed by atoms with van der Waals surface area (Å²) in [5.74, 6) is 1.19. The van der Waals surface area contributed by atoms with Crippen molar-refractivity contribution in [3.63, 3.8) is 0 Å². The van der Waals surface area contributed by atoms with Gasteiger partial charge in [-0.05, 0) is 49.7 Å². The maximum atomic E-state index is 12.9. The van der Waals surface area contributed by atoms with E-state index < -0.39 is 0 Å². The number of nitrogens with one attached hydrogen (secondary N) is 1. The molecule has 0 fully saturated rings. The molecule has 1 N–H and O–H groups in total. The van der Waals surface area contributed by atoms with Crippen molar-refractivity contribution in [1.29, 1.82) is 0 Å². The van der Waals surface area contributed by atoms with Crippen LogP contribution in [0, 0.1) is 12.7 Å². The zero-order chi connectivity index (χ0) is 18.1. The molecule has 0 saturated heterocycles. The first-order chi connectivity index (χ1) is 12.1. The summed E-state index contributed by atoms with van der Waals surface area (Å²) in [6.45, 7) is 6.51. The molecule has 1 aromatic carbocycles. The summed E-state index contributed by atoms with van der Waals surface area (Å²) in [7, 11) is 1.96. The Morgan fingerprint density at radius 2 is 2.00 bits per heavy atom. The molecule has 142 valence electrons. The van der Waals surface area contributed by atoms with Gasteiger partial charge in [0.05, 0.1) is 18.8 Å². The summed E-state index contributed by atoms with van der Waals surface area (Å²) in [6, 6.07) is 9.98. The Hall–Kier alpha value is -1.90. The average molecular weight is 472 g/mol. The van der Waals surface area contributed by atoms with Gasteiger partial charge in [-0.3, -0.25) is 4.98 Å². The Balaban J connectivity index is 0.00000338. The number of rotatable bonds is 7. The van der Waals surface area contributed by atoms with Crippen molar-refractivity contribution in [2.75, 3.05) is 26.7 Å². The van der Waals surface area contributed by atoms with E-state index in [1.165, 1.54) is 12.1 Å². The Labute approximate surface area is 171 Å². The van der Waals surface area contributed by atoms with E-state index in [0.29, 0.717) is 25.4 Å². The van der Waals surface area contributed by atoms with Gasteiger partial charge in [-0.2, -0.15) is 0 Å². The minimum atomic E-state index is -0.268. The number of aliphatic imine (C=N–C) groups is 1. The maximum Gasteiger partial charge on any atom is 0.194 e. The zero-order valence-electron chi connectivity index (χ0n) is 15.4. The van der Waals surface area contributed by atoms with Crippen LogP contribution in [0.15, 0.2) is 47.6 Å². The molecule has 0 aliphatic carbocycles. The Morgan fingerprint density at radius 3 is 2.65 bits per heavy atom. The monoisotopic (exact) mass is 472 g/mol. The minimum absolute atomic E-state index is 0. The lowest BCUT2D eigenvalue weighted by Gasteiger charge is -2.22. The molecule has 0 bridgehead atoms. The van der Waals surface area contributed by atoms with Crippen LogP contribution in [0.4, 0.5) is 4.39 Å². The molecule has 7 heteroatoms. The predicted octanol–water partition coefficient (Wildman–Crippen LogP) is 3.62. The van der Waals surface area contributed by atoms with Gasteiger partial charge in [0.25, 0.3) is 0 Å². The summed E-state index contributed by atoms with van der Waals surface area (Å²) >= 11 is 0. The van der Waals surface area contributed by atoms with Crippen molar-refractivity contribution in [1.82, 2.24) is 15.2 Å². The van der Waals surface area contributed by atoms with Crippen LogP contribution in [-0.4, -0.2) is 42.6 Å². The van der Waals surface area contributed by atoms with Crippen LogP contribution in [0.3, 0.4) is 0 Å². The highest BCUT2D eigenvalue weighted by Crippen LogP contribution is 2.11. The number of hydrogen-bond acceptors (Lipinski definition) is 3. The van der Waals surface area contributed by atoms with Crippen molar-refractivity contribution >= 4 is 29.9 Å². The van der Waals surface area contributed by atoms with Gasteiger partial charge in [0.2, 0.25) is 0 Å². The van der Waals surface area contributed by atoms with Gasteiger partial charge >= 0.3 is 0 Å². The maximum absolute atomic E-state index is 12.9. The number of nitrogens with zero attached hydrogens (tertiary/aromatic N) is 3. The largest absolute Gasteiger partial charge is 0.492 e. The third kappa shape index (κ3) is 7.15. The molecular weight excluding hydrogens is 446 g/mol. The number of benzene rings is 1. The lowest BCUT2D eigenvalue weighted by atomic mass is 10.2. The van der Waals surface area contributed by atoms with Crippen LogP contribution in [0.2, 0.25) is 0 Å². The lowest BCUT2D eigenvalue weighted by Crippen LogP contribution is -2.40. The van der Waals surface area contributed by atoms with E-state index in [0.717, 1.165) is 23.8 Å². The molecule has 26 heavy (non-hydrogen) atoms. The van der Waals surface area contributed by atoms with Gasteiger partial charge in [0, 0.05) is 19.8 Å². The smallest absolute Gasteiger partial charge is 0.194 e. The van der Waals surface area contributed by atoms with E-state index in [1.54, 1.807) is 18.3 Å². The standard InChI is InChI=1S/C19H25FN4O.HI/c1-4-21-19(23-14-18-15(2)6-5-11-22-18)24(3)12-13-25-17-9-7-16(20)8-10-17;/h5-11H,4,12-14H2,1-3H3,(H,21,23);1H. The first kappa shape index (κ1) is 22.1. The van der Waals surface area contributed by atoms with Crippen molar-refractivity contribution in [2.24, 2.45) is 4.99 Å². The second-order valence-corrected chi connectivity index (χ2v) is 5.66. The van der Waals surface area contributed by atoms with Gasteiger partial charge in [0.15, 0.2) is 5.96 Å². The molecule has 0 amide bonds. The number of halogens is 2. The number of aromatic nitrogens is 1. The summed E-state index contributed by atoms with van der Waals surface area (Å²) < 4.78 is 18.5. The van der Waals surface area contributed by atoms with Crippen LogP contribution >= 0.6 is 24.0 Å². The van der Waals surface area contributed by atoms with Crippen LogP contribution < -0.4 is 10.1 Å². The predicted molar refractivity (Wildman–Crippen MR) is 114 cm³/mol. The normalized spacial score (nSPS) is 10.8. The van der Waals surface area contributed by atoms with Crippen molar-refractivity contribution < 1.29 is 9.13 Å². The summed E-state index contributed by atoms with van der Waals surface area (Å²) in [5.41, 5.74) is 2.10. The van der Waals surface area contributed by atoms with E-state index in [4.69, 9.17) is 4.74 Å². The molecule has 0 aliphatic rings. The second kappa shape index (κ2) is 11.7. The molecule has 0 saturated carbocycles. The molecule has 5 nitrogen and oxygen atoms in total. The lowest BCUT2D eigenvalue weighted by molar-refractivity contribution is 0.281. The Morgan fingerprint density at radius 1 is 1.27 bits per heavy atom. The van der Waals surface area contributed by atoms with Crippen molar-refractivity contribution in [2.45, 2.75) is 20.4 Å². The second-order valence-electron chi connectivity index (χ2n) is 5.66. The molecule has 2 aromatic rings. The van der Waals surface area contributed by atoms with E-state index in [2.05, 4.69) is 15.3 Å². The van der Waals surface area contributed by atoms with Crippen LogP contribution in [-0.2, 0) is 6.54 Å². The summed E-state index contributed by atoms with van der Waals surface area (Å²) in [5, 5.41) is 3.27. The van der Waals surface area contributed by atoms with E-state index >= 15 is 0 Å². The fourth-order valence-corrected chi connectivity index (χ4v) is 2.24. The van der Waals surface area contributed by atoms with Gasteiger partial charge in [-0.25, -0.2) is 9.38 Å². The van der Waals surface area contributed by atoms with E-state index in [1.807, 2.05) is 37.9 Å². The van der Waals surface area contributed by atoms with Gasteiger partial charge in [-0.15, -0.1) is 24.0 Å². The number of pyridine rings is 1. The first-order valence-electron chi connectivity index (χ1n) is 8.38. The average Bonchev–Trinajstić information content (AvgIpc) is 2.61. The highest BCUT2D eigenvalue weighted by molar-refractivity contribution is 14.0. The number of guanidine groups is 1. The fourth-order valence-electron chi connectivity index (χ4n) is 2.24. The molecule has 2 rings (SSSR count). The number of likely N-dealkylation sites (N-methyl/N-ethyl adjacent to an activating group) is 1. The Bertz CT molecular complexity index is 694. The number of aryl methyl sites for hydroxylation is 1. The fraction of sp³-hybridized carbons (Fsp3) is 0.368. The summed E-state index contributed by atoms with van der Waals surface area (Å²) in [4.78, 5) is 11.0. The highest BCUT2D eigenvalue weighted by Gasteiger charge is 2.07. The molecule has 1 aromatic heterocycles. The molecule has 0 unspecified atom stereocenters. The van der Waals surface area contributed by atoms with E-state index in [9.17, 15) is 4.39 Å². The topological polar surface area (TPSA) is 49.8 Å². The molecule has 0 spiro atoms. The van der Waals surface area contributed by atoms with Gasteiger partial charge < -0.3 is 15.0 Å². The zero-order valence-corrected chi connectivity index (χ0v) is 17.7. The molecule has 0 radical (unpaired) electrons. The van der Waals surface area contributed by atoms with Crippen LogP contribution in [0.1, 0.15) is 18.2 Å². The number of ether oxygens (including phenoxy) is 1. The van der Waals surface area contributed by atoms with Gasteiger partial charge in [-0.1, -0.05) is 6.07 Å². The van der Waals surface area contributed by atoms with Crippen molar-refractivity contribution in [3.05, 3.63) is 59.7 Å². The SMILES string of the molecule is CCNC(=NCc1ncccc1C)N(C)CCOc1ccc(F)cc1.I. The number of hydrogen-bond donors (Lipinski definition) is 1.